The van der Waals surface area contributed by atoms with E-state index < -0.39 is 11.6 Å². The molecule has 0 N–H and O–H groups in total. The van der Waals surface area contributed by atoms with E-state index in [-0.39, 0.29) is 11.2 Å². The molecule has 3 aromatic rings. The van der Waals surface area contributed by atoms with Crippen LogP contribution in [0.15, 0.2) is 34.7 Å². The van der Waals surface area contributed by atoms with E-state index in [0.717, 1.165) is 0 Å². The second kappa shape index (κ2) is 3.41. The first-order valence-electron chi connectivity index (χ1n) is 4.63. The van der Waals surface area contributed by atoms with Gasteiger partial charge in [-0.1, -0.05) is 12.1 Å². The van der Waals surface area contributed by atoms with E-state index in [1.807, 2.05) is 22.6 Å². The molecule has 0 atom stereocenters. The van der Waals surface area contributed by atoms with Crippen molar-refractivity contribution in [1.29, 1.82) is 0 Å². The molecular formula is C12H5F2IO. The molecule has 0 aliphatic rings. The van der Waals surface area contributed by atoms with Crippen LogP contribution >= 0.6 is 22.6 Å². The Bertz CT molecular complexity index is 703. The molecule has 16 heavy (non-hydrogen) atoms. The topological polar surface area (TPSA) is 13.1 Å². The number of halogens is 3. The highest BCUT2D eigenvalue weighted by atomic mass is 127. The number of hydrogen-bond donors (Lipinski definition) is 0. The van der Waals surface area contributed by atoms with Gasteiger partial charge in [-0.05, 0) is 40.8 Å². The monoisotopic (exact) mass is 330 g/mol. The number of rotatable bonds is 0. The molecule has 0 spiro atoms. The van der Waals surface area contributed by atoms with Crippen molar-refractivity contribution in [1.82, 2.24) is 0 Å². The third kappa shape index (κ3) is 1.25. The first kappa shape index (κ1) is 10.0. The van der Waals surface area contributed by atoms with Crippen LogP contribution < -0.4 is 0 Å². The number of fused-ring (bicyclic) bond motifs is 3. The molecule has 1 aromatic heterocycles. The minimum absolute atomic E-state index is 0.110. The van der Waals surface area contributed by atoms with Gasteiger partial charge in [-0.2, -0.15) is 0 Å². The molecule has 1 nitrogen and oxygen atoms in total. The zero-order valence-corrected chi connectivity index (χ0v) is 10.1. The molecule has 0 unspecified atom stereocenters. The van der Waals surface area contributed by atoms with Crippen LogP contribution in [-0.4, -0.2) is 0 Å². The molecule has 0 saturated carbocycles. The molecule has 3 rings (SSSR count). The Kier molecular flexibility index (Phi) is 2.14. The van der Waals surface area contributed by atoms with E-state index in [2.05, 4.69) is 0 Å². The van der Waals surface area contributed by atoms with Gasteiger partial charge in [-0.25, -0.2) is 8.78 Å². The van der Waals surface area contributed by atoms with E-state index >= 15 is 0 Å². The summed E-state index contributed by atoms with van der Waals surface area (Å²) < 4.78 is 32.9. The molecule has 80 valence electrons. The van der Waals surface area contributed by atoms with E-state index in [1.165, 1.54) is 6.07 Å². The van der Waals surface area contributed by atoms with Crippen LogP contribution in [0.2, 0.25) is 0 Å². The lowest BCUT2D eigenvalue weighted by molar-refractivity contribution is 0.555. The summed E-state index contributed by atoms with van der Waals surface area (Å²) in [5, 5.41) is 1.21. The predicted octanol–water partition coefficient (Wildman–Crippen LogP) is 4.47. The van der Waals surface area contributed by atoms with E-state index in [4.69, 9.17) is 4.42 Å². The normalized spacial score (nSPS) is 11.4. The Morgan fingerprint density at radius 1 is 0.938 bits per heavy atom. The Hall–Kier alpha value is -1.17. The minimum atomic E-state index is -0.469. The molecule has 0 amide bonds. The van der Waals surface area contributed by atoms with Crippen molar-refractivity contribution in [2.45, 2.75) is 0 Å². The fourth-order valence-corrected chi connectivity index (χ4v) is 2.20. The third-order valence-electron chi connectivity index (χ3n) is 2.51. The molecule has 1 heterocycles. The summed E-state index contributed by atoms with van der Waals surface area (Å²) in [6.45, 7) is 0. The first-order chi connectivity index (χ1) is 7.68. The molecule has 0 aliphatic carbocycles. The van der Waals surface area contributed by atoms with Crippen LogP contribution in [0.5, 0.6) is 0 Å². The van der Waals surface area contributed by atoms with E-state index in [1.54, 1.807) is 24.3 Å². The highest BCUT2D eigenvalue weighted by Gasteiger charge is 2.15. The van der Waals surface area contributed by atoms with Gasteiger partial charge in [0.2, 0.25) is 0 Å². The van der Waals surface area contributed by atoms with Gasteiger partial charge in [-0.15, -0.1) is 0 Å². The number of para-hydroxylation sites is 1. The molecule has 0 fully saturated rings. The van der Waals surface area contributed by atoms with Gasteiger partial charge >= 0.3 is 0 Å². The molecule has 0 bridgehead atoms. The lowest BCUT2D eigenvalue weighted by atomic mass is 10.1. The quantitative estimate of drug-likeness (QED) is 0.555. The van der Waals surface area contributed by atoms with Crippen molar-refractivity contribution < 1.29 is 13.2 Å². The predicted molar refractivity (Wildman–Crippen MR) is 66.4 cm³/mol. The highest BCUT2D eigenvalue weighted by molar-refractivity contribution is 14.1. The Morgan fingerprint density at radius 3 is 2.50 bits per heavy atom. The summed E-state index contributed by atoms with van der Waals surface area (Å²) in [4.78, 5) is 0. The smallest absolute Gasteiger partial charge is 0.179 e. The van der Waals surface area contributed by atoms with Gasteiger partial charge in [0, 0.05) is 10.8 Å². The Morgan fingerprint density at radius 2 is 1.69 bits per heavy atom. The Labute approximate surface area is 103 Å². The number of furan rings is 1. The van der Waals surface area contributed by atoms with Crippen LogP contribution in [0, 0.1) is 15.2 Å². The second-order valence-electron chi connectivity index (χ2n) is 3.46. The largest absolute Gasteiger partial charge is 0.450 e. The maximum Gasteiger partial charge on any atom is 0.179 e. The second-order valence-corrected chi connectivity index (χ2v) is 4.62. The highest BCUT2D eigenvalue weighted by Crippen LogP contribution is 2.33. The zero-order valence-electron chi connectivity index (χ0n) is 7.93. The van der Waals surface area contributed by atoms with Crippen LogP contribution in [0.25, 0.3) is 21.9 Å². The van der Waals surface area contributed by atoms with Gasteiger partial charge in [0.25, 0.3) is 0 Å². The summed E-state index contributed by atoms with van der Waals surface area (Å²) in [6.07, 6.45) is 0. The van der Waals surface area contributed by atoms with Gasteiger partial charge in [0.05, 0.1) is 3.57 Å². The summed E-state index contributed by atoms with van der Waals surface area (Å²) in [5.41, 5.74) is 0.227. The molecule has 0 aliphatic heterocycles. The summed E-state index contributed by atoms with van der Waals surface area (Å²) >= 11 is 1.88. The van der Waals surface area contributed by atoms with Crippen molar-refractivity contribution in [3.05, 3.63) is 45.5 Å². The van der Waals surface area contributed by atoms with Gasteiger partial charge in [-0.3, -0.25) is 0 Å². The molecule has 0 radical (unpaired) electrons. The van der Waals surface area contributed by atoms with Gasteiger partial charge < -0.3 is 4.42 Å². The van der Waals surface area contributed by atoms with Crippen LogP contribution in [0.1, 0.15) is 0 Å². The van der Waals surface area contributed by atoms with Crippen molar-refractivity contribution in [3.8, 4) is 0 Å². The maximum atomic E-state index is 13.7. The lowest BCUT2D eigenvalue weighted by Gasteiger charge is -1.93. The Balaban J connectivity index is 2.60. The zero-order chi connectivity index (χ0) is 11.3. The number of benzene rings is 2. The average molecular weight is 330 g/mol. The van der Waals surface area contributed by atoms with Crippen LogP contribution in [0.4, 0.5) is 8.78 Å². The fraction of sp³-hybridized carbons (Fsp3) is 0. The molecular weight excluding hydrogens is 325 g/mol. The van der Waals surface area contributed by atoms with Crippen molar-refractivity contribution >= 4 is 44.5 Å². The molecule has 0 saturated heterocycles. The lowest BCUT2D eigenvalue weighted by Crippen LogP contribution is -1.80. The average Bonchev–Trinajstić information content (AvgIpc) is 2.65. The van der Waals surface area contributed by atoms with E-state index in [0.29, 0.717) is 14.3 Å². The fourth-order valence-electron chi connectivity index (χ4n) is 1.77. The van der Waals surface area contributed by atoms with E-state index in [9.17, 15) is 8.78 Å². The van der Waals surface area contributed by atoms with Crippen LogP contribution in [0.3, 0.4) is 0 Å². The van der Waals surface area contributed by atoms with Crippen molar-refractivity contribution in [2.75, 3.05) is 0 Å². The van der Waals surface area contributed by atoms with Crippen molar-refractivity contribution in [3.63, 3.8) is 0 Å². The number of hydrogen-bond acceptors (Lipinski definition) is 1. The summed E-state index contributed by atoms with van der Waals surface area (Å²) in [5.74, 6) is -0.906. The van der Waals surface area contributed by atoms with Gasteiger partial charge in [0.1, 0.15) is 0 Å². The standard InChI is InChI=1S/C12H5F2IO/c13-8-3-1-2-6-7-4-5-9(15)10(14)12(7)16-11(6)8/h1-5H. The van der Waals surface area contributed by atoms with Gasteiger partial charge in [0.15, 0.2) is 22.8 Å². The third-order valence-corrected chi connectivity index (χ3v) is 3.34. The maximum absolute atomic E-state index is 13.7. The molecule has 4 heteroatoms. The van der Waals surface area contributed by atoms with Crippen LogP contribution in [-0.2, 0) is 0 Å². The first-order valence-corrected chi connectivity index (χ1v) is 5.71. The SMILES string of the molecule is Fc1cccc2c1oc1c(F)c(I)ccc12. The summed E-state index contributed by atoms with van der Waals surface area (Å²) in [6, 6.07) is 8.00. The van der Waals surface area contributed by atoms with Crippen molar-refractivity contribution in [2.24, 2.45) is 0 Å². The molecule has 2 aromatic carbocycles. The minimum Gasteiger partial charge on any atom is -0.450 e. The summed E-state index contributed by atoms with van der Waals surface area (Å²) in [7, 11) is 0.